The molecule has 1 aliphatic carbocycles. The van der Waals surface area contributed by atoms with Gasteiger partial charge >= 0.3 is 0 Å². The predicted octanol–water partition coefficient (Wildman–Crippen LogP) is 15.1. The molecular formula is C50H31NOS2. The highest BCUT2D eigenvalue weighted by molar-refractivity contribution is 7.26. The van der Waals surface area contributed by atoms with Gasteiger partial charge in [0.1, 0.15) is 11.2 Å². The number of rotatable bonds is 4. The Morgan fingerprint density at radius 3 is 1.83 bits per heavy atom. The molecule has 2 nitrogen and oxygen atoms in total. The van der Waals surface area contributed by atoms with Crippen LogP contribution in [0.4, 0.5) is 17.1 Å². The van der Waals surface area contributed by atoms with Crippen molar-refractivity contribution in [3.05, 3.63) is 187 Å². The van der Waals surface area contributed by atoms with Gasteiger partial charge in [-0.2, -0.15) is 0 Å². The molecule has 0 unspecified atom stereocenters. The third-order valence-corrected chi connectivity index (χ3v) is 14.0. The van der Waals surface area contributed by atoms with E-state index in [0.29, 0.717) is 0 Å². The maximum atomic E-state index is 6.71. The van der Waals surface area contributed by atoms with Crippen LogP contribution < -0.4 is 4.90 Å². The molecule has 54 heavy (non-hydrogen) atoms. The van der Waals surface area contributed by atoms with E-state index >= 15 is 0 Å². The molecule has 0 saturated carbocycles. The fourth-order valence-electron chi connectivity index (χ4n) is 9.20. The molecule has 0 saturated heterocycles. The standard InChI is InChI=1S/C50H31NOS2/c1-50(40-15-6-2-11-33(40)34-12-3-7-16-41(34)50)30-21-25-43-39(27-30)49-42(17-10-18-44(49)52-43)51(31-23-26-47-38(28-31)36-14-5-9-20-46(36)53-47)32-22-24-37-35-13-4-8-19-45(35)54-48(37)29-32/h2-29H,1H3. The van der Waals surface area contributed by atoms with E-state index in [1.807, 2.05) is 22.7 Å². The van der Waals surface area contributed by atoms with Crippen LogP contribution in [-0.2, 0) is 5.41 Å². The van der Waals surface area contributed by atoms with Gasteiger partial charge in [0.25, 0.3) is 0 Å². The number of benzene rings is 8. The molecule has 4 heteroatoms. The van der Waals surface area contributed by atoms with E-state index in [1.165, 1.54) is 68.2 Å². The second-order valence-electron chi connectivity index (χ2n) is 14.6. The van der Waals surface area contributed by atoms with Gasteiger partial charge in [0.2, 0.25) is 0 Å². The highest BCUT2D eigenvalue weighted by atomic mass is 32.1. The third kappa shape index (κ3) is 4.15. The van der Waals surface area contributed by atoms with Gasteiger partial charge in [0, 0.05) is 62.5 Å². The van der Waals surface area contributed by atoms with Gasteiger partial charge < -0.3 is 9.32 Å². The Bertz CT molecular complexity index is 3280. The summed E-state index contributed by atoms with van der Waals surface area (Å²) >= 11 is 3.71. The first-order valence-corrected chi connectivity index (χ1v) is 20.0. The molecular weight excluding hydrogens is 695 g/mol. The number of hydrogen-bond donors (Lipinski definition) is 0. The van der Waals surface area contributed by atoms with Gasteiger partial charge in [-0.3, -0.25) is 0 Å². The molecule has 0 N–H and O–H groups in total. The second kappa shape index (κ2) is 11.2. The Morgan fingerprint density at radius 2 is 1.06 bits per heavy atom. The number of furan rings is 1. The maximum absolute atomic E-state index is 6.71. The van der Waals surface area contributed by atoms with Crippen LogP contribution in [-0.4, -0.2) is 0 Å². The van der Waals surface area contributed by atoms with E-state index < -0.39 is 0 Å². The minimum atomic E-state index is -0.309. The van der Waals surface area contributed by atoms with Crippen LogP contribution in [0.15, 0.2) is 174 Å². The lowest BCUT2D eigenvalue weighted by atomic mass is 9.74. The van der Waals surface area contributed by atoms with E-state index in [-0.39, 0.29) is 5.41 Å². The predicted molar refractivity (Wildman–Crippen MR) is 232 cm³/mol. The smallest absolute Gasteiger partial charge is 0.137 e. The zero-order valence-corrected chi connectivity index (χ0v) is 31.0. The van der Waals surface area contributed by atoms with E-state index in [1.54, 1.807) is 0 Å². The zero-order valence-electron chi connectivity index (χ0n) is 29.3. The maximum Gasteiger partial charge on any atom is 0.137 e. The summed E-state index contributed by atoms with van der Waals surface area (Å²) in [5, 5.41) is 7.40. The summed E-state index contributed by atoms with van der Waals surface area (Å²) in [5.74, 6) is 0. The SMILES string of the molecule is CC1(c2ccc3oc4cccc(N(c5ccc6c(c5)sc5ccccc56)c5ccc6sc7ccccc7c6c5)c4c3c2)c2ccccc2-c2ccccc21. The number of thiophene rings is 2. The molecule has 11 aromatic rings. The zero-order chi connectivity index (χ0) is 35.5. The van der Waals surface area contributed by atoms with Gasteiger partial charge in [0.05, 0.1) is 11.1 Å². The summed E-state index contributed by atoms with van der Waals surface area (Å²) in [4.78, 5) is 2.45. The molecule has 3 aromatic heterocycles. The minimum absolute atomic E-state index is 0.309. The van der Waals surface area contributed by atoms with Crippen molar-refractivity contribution < 1.29 is 4.42 Å². The number of hydrogen-bond acceptors (Lipinski definition) is 4. The topological polar surface area (TPSA) is 16.4 Å². The van der Waals surface area contributed by atoms with Crippen LogP contribution in [0.3, 0.4) is 0 Å². The van der Waals surface area contributed by atoms with Gasteiger partial charge in [-0.1, -0.05) is 103 Å². The van der Waals surface area contributed by atoms with Gasteiger partial charge in [-0.25, -0.2) is 0 Å². The molecule has 0 aliphatic heterocycles. The summed E-state index contributed by atoms with van der Waals surface area (Å²) in [5.41, 5.74) is 11.4. The lowest BCUT2D eigenvalue weighted by molar-refractivity contribution is 0.667. The quantitative estimate of drug-likeness (QED) is 0.180. The van der Waals surface area contributed by atoms with Crippen molar-refractivity contribution in [1.29, 1.82) is 0 Å². The molecule has 0 spiro atoms. The summed E-state index contributed by atoms with van der Waals surface area (Å²) in [6, 6.07) is 62.5. The highest BCUT2D eigenvalue weighted by Crippen LogP contribution is 2.53. The Morgan fingerprint density at radius 1 is 0.444 bits per heavy atom. The molecule has 3 heterocycles. The molecule has 0 amide bonds. The van der Waals surface area contributed by atoms with Crippen LogP contribution >= 0.6 is 22.7 Å². The molecule has 8 aromatic carbocycles. The first-order chi connectivity index (χ1) is 26.6. The second-order valence-corrected chi connectivity index (χ2v) is 16.7. The summed E-state index contributed by atoms with van der Waals surface area (Å²) in [6.07, 6.45) is 0. The van der Waals surface area contributed by atoms with Crippen molar-refractivity contribution >= 4 is 102 Å². The number of fused-ring (bicyclic) bond motifs is 12. The number of nitrogens with zero attached hydrogens (tertiary/aromatic N) is 1. The van der Waals surface area contributed by atoms with Crippen molar-refractivity contribution in [3.8, 4) is 11.1 Å². The van der Waals surface area contributed by atoms with Crippen molar-refractivity contribution in [2.45, 2.75) is 12.3 Å². The van der Waals surface area contributed by atoms with Crippen LogP contribution in [0.2, 0.25) is 0 Å². The molecule has 0 radical (unpaired) electrons. The van der Waals surface area contributed by atoms with Crippen LogP contribution in [0.5, 0.6) is 0 Å². The lowest BCUT2D eigenvalue weighted by Crippen LogP contribution is -2.22. The van der Waals surface area contributed by atoms with E-state index in [9.17, 15) is 0 Å². The molecule has 0 fully saturated rings. The van der Waals surface area contributed by atoms with E-state index in [2.05, 4.69) is 182 Å². The molecule has 12 rings (SSSR count). The third-order valence-electron chi connectivity index (χ3n) is 11.8. The van der Waals surface area contributed by atoms with Gasteiger partial charge in [0.15, 0.2) is 0 Å². The van der Waals surface area contributed by atoms with Gasteiger partial charge in [-0.05, 0) is 101 Å². The average molecular weight is 726 g/mol. The molecule has 254 valence electrons. The molecule has 0 bridgehead atoms. The fourth-order valence-corrected chi connectivity index (χ4v) is 11.4. The lowest BCUT2D eigenvalue weighted by Gasteiger charge is -2.28. The first kappa shape index (κ1) is 30.3. The van der Waals surface area contributed by atoms with E-state index in [4.69, 9.17) is 4.42 Å². The summed E-state index contributed by atoms with van der Waals surface area (Å²) in [7, 11) is 0. The Labute approximate surface area is 319 Å². The number of anilines is 3. The monoisotopic (exact) mass is 725 g/mol. The highest BCUT2D eigenvalue weighted by Gasteiger charge is 2.40. The average Bonchev–Trinajstić information content (AvgIpc) is 3.96. The summed E-state index contributed by atoms with van der Waals surface area (Å²) in [6.45, 7) is 2.38. The van der Waals surface area contributed by atoms with Crippen LogP contribution in [0.1, 0.15) is 23.6 Å². The van der Waals surface area contributed by atoms with Crippen molar-refractivity contribution in [2.75, 3.05) is 4.90 Å². The van der Waals surface area contributed by atoms with Crippen LogP contribution in [0.25, 0.3) is 73.4 Å². The van der Waals surface area contributed by atoms with Crippen molar-refractivity contribution in [2.24, 2.45) is 0 Å². The Kier molecular flexibility index (Phi) is 6.26. The first-order valence-electron chi connectivity index (χ1n) is 18.4. The Balaban J connectivity index is 1.13. The van der Waals surface area contributed by atoms with Crippen LogP contribution in [0, 0.1) is 0 Å². The largest absolute Gasteiger partial charge is 0.456 e. The normalized spacial score (nSPS) is 13.4. The minimum Gasteiger partial charge on any atom is -0.456 e. The van der Waals surface area contributed by atoms with Crippen molar-refractivity contribution in [3.63, 3.8) is 0 Å². The van der Waals surface area contributed by atoms with Crippen molar-refractivity contribution in [1.82, 2.24) is 0 Å². The fraction of sp³-hybridized carbons (Fsp3) is 0.0400. The summed E-state index contributed by atoms with van der Waals surface area (Å²) < 4.78 is 11.9. The van der Waals surface area contributed by atoms with E-state index in [0.717, 1.165) is 39.0 Å². The van der Waals surface area contributed by atoms with Gasteiger partial charge in [-0.15, -0.1) is 22.7 Å². The molecule has 0 atom stereocenters. The molecule has 1 aliphatic rings. The Hall–Kier alpha value is -6.20.